The molecule has 9 nitrogen and oxygen atoms in total. The number of halogens is 1. The van der Waals surface area contributed by atoms with Gasteiger partial charge in [0.25, 0.3) is 11.6 Å². The van der Waals surface area contributed by atoms with Gasteiger partial charge in [-0.25, -0.2) is 0 Å². The van der Waals surface area contributed by atoms with E-state index in [1.54, 1.807) is 35.0 Å². The molecule has 3 rings (SSSR count). The summed E-state index contributed by atoms with van der Waals surface area (Å²) in [6.45, 7) is -0.573. The Hall–Kier alpha value is -3.90. The average Bonchev–Trinajstić information content (AvgIpc) is 3.08. The molecule has 0 saturated carbocycles. The zero-order valence-corrected chi connectivity index (χ0v) is 15.5. The molecule has 0 spiro atoms. The number of amides is 1. The monoisotopic (exact) mass is 412 g/mol. The maximum atomic E-state index is 12.1. The highest BCUT2D eigenvalue weighted by atomic mass is 35.5. The highest BCUT2D eigenvalue weighted by Gasteiger charge is 2.17. The van der Waals surface area contributed by atoms with Crippen molar-refractivity contribution in [1.82, 2.24) is 9.72 Å². The van der Waals surface area contributed by atoms with E-state index in [-0.39, 0.29) is 17.2 Å². The number of esters is 1. The molecule has 0 atom stereocenters. The highest BCUT2D eigenvalue weighted by molar-refractivity contribution is 6.32. The van der Waals surface area contributed by atoms with E-state index in [4.69, 9.17) is 16.3 Å². The van der Waals surface area contributed by atoms with Gasteiger partial charge in [0.2, 0.25) is 0 Å². The van der Waals surface area contributed by atoms with Gasteiger partial charge < -0.3 is 14.5 Å². The summed E-state index contributed by atoms with van der Waals surface area (Å²) in [5.74, 6) is -1.41. The predicted molar refractivity (Wildman–Crippen MR) is 102 cm³/mol. The molecule has 29 heavy (non-hydrogen) atoms. The van der Waals surface area contributed by atoms with Gasteiger partial charge in [-0.1, -0.05) is 17.7 Å². The van der Waals surface area contributed by atoms with Crippen molar-refractivity contribution in [2.24, 2.45) is 0 Å². The third-order valence-electron chi connectivity index (χ3n) is 4.06. The van der Waals surface area contributed by atoms with Crippen molar-refractivity contribution in [2.75, 3.05) is 6.54 Å². The summed E-state index contributed by atoms with van der Waals surface area (Å²) in [4.78, 5) is 34.2. The first-order valence-corrected chi connectivity index (χ1v) is 8.65. The SMILES string of the molecule is N#Cc1c(COC(=O)CNC(=O)c2ccc(Cl)c([N+](=O)[O-])c2)cn2ccccc12. The molecular formula is C19H13ClN4O5. The Kier molecular flexibility index (Phi) is 5.76. The Morgan fingerprint density at radius 1 is 1.31 bits per heavy atom. The molecule has 0 aliphatic heterocycles. The van der Waals surface area contributed by atoms with Gasteiger partial charge in [0, 0.05) is 29.6 Å². The van der Waals surface area contributed by atoms with E-state index in [1.807, 2.05) is 0 Å². The molecule has 10 heteroatoms. The molecule has 1 aromatic carbocycles. The number of nitrogens with one attached hydrogen (secondary N) is 1. The standard InChI is InChI=1S/C19H13ClN4O5/c20-15-5-4-12(7-17(15)24(27)28)19(26)22-9-18(25)29-11-13-10-23-6-2-1-3-16(23)14(13)8-21/h1-7,10H,9,11H2,(H,22,26). The summed E-state index contributed by atoms with van der Waals surface area (Å²) in [6.07, 6.45) is 3.46. The number of pyridine rings is 1. The normalized spacial score (nSPS) is 10.3. The fourth-order valence-electron chi connectivity index (χ4n) is 2.67. The van der Waals surface area contributed by atoms with Crippen LogP contribution in [0.25, 0.3) is 5.52 Å². The van der Waals surface area contributed by atoms with Crippen LogP contribution >= 0.6 is 11.6 Å². The number of nitrogens with zero attached hydrogens (tertiary/aromatic N) is 3. The number of benzene rings is 1. The second-order valence-corrected chi connectivity index (χ2v) is 6.31. The molecule has 1 amide bonds. The van der Waals surface area contributed by atoms with E-state index < -0.39 is 29.0 Å². The van der Waals surface area contributed by atoms with E-state index in [0.717, 1.165) is 6.07 Å². The lowest BCUT2D eigenvalue weighted by atomic mass is 10.2. The zero-order valence-electron chi connectivity index (χ0n) is 14.8. The summed E-state index contributed by atoms with van der Waals surface area (Å²) >= 11 is 5.70. The molecule has 146 valence electrons. The molecule has 0 aliphatic rings. The summed E-state index contributed by atoms with van der Waals surface area (Å²) in [5, 5.41) is 22.5. The van der Waals surface area contributed by atoms with Crippen LogP contribution in [0.5, 0.6) is 0 Å². The van der Waals surface area contributed by atoms with E-state index in [9.17, 15) is 25.0 Å². The number of ether oxygens (including phenoxy) is 1. The number of hydrogen-bond acceptors (Lipinski definition) is 6. The summed E-state index contributed by atoms with van der Waals surface area (Å²) < 4.78 is 6.87. The molecule has 0 unspecified atom stereocenters. The second-order valence-electron chi connectivity index (χ2n) is 5.90. The van der Waals surface area contributed by atoms with Crippen LogP contribution in [0.3, 0.4) is 0 Å². The molecule has 0 fully saturated rings. The number of rotatable bonds is 6. The minimum Gasteiger partial charge on any atom is -0.459 e. The first-order valence-electron chi connectivity index (χ1n) is 8.27. The number of nitro groups is 1. The molecule has 0 bridgehead atoms. The predicted octanol–water partition coefficient (Wildman–Crippen LogP) is 2.85. The molecular weight excluding hydrogens is 400 g/mol. The quantitative estimate of drug-likeness (QED) is 0.376. The molecule has 2 aromatic heterocycles. The topological polar surface area (TPSA) is 127 Å². The summed E-state index contributed by atoms with van der Waals surface area (Å²) in [5.41, 5.74) is 1.20. The van der Waals surface area contributed by atoms with Gasteiger partial charge in [0.1, 0.15) is 24.2 Å². The van der Waals surface area contributed by atoms with Gasteiger partial charge >= 0.3 is 5.97 Å². The van der Waals surface area contributed by atoms with Gasteiger partial charge in [-0.3, -0.25) is 19.7 Å². The van der Waals surface area contributed by atoms with Gasteiger partial charge in [-0.05, 0) is 24.3 Å². The number of aromatic nitrogens is 1. The molecule has 0 aliphatic carbocycles. The Morgan fingerprint density at radius 2 is 2.10 bits per heavy atom. The average molecular weight is 413 g/mol. The molecule has 1 N–H and O–H groups in total. The third kappa shape index (κ3) is 4.34. The van der Waals surface area contributed by atoms with Crippen LogP contribution in [0, 0.1) is 21.4 Å². The number of fused-ring (bicyclic) bond motifs is 1. The van der Waals surface area contributed by atoms with Gasteiger partial charge in [0.15, 0.2) is 0 Å². The second kappa shape index (κ2) is 8.41. The summed E-state index contributed by atoms with van der Waals surface area (Å²) in [7, 11) is 0. The lowest BCUT2D eigenvalue weighted by Crippen LogP contribution is -2.30. The van der Waals surface area contributed by atoms with Crippen LogP contribution in [-0.4, -0.2) is 27.7 Å². The van der Waals surface area contributed by atoms with Crippen molar-refractivity contribution >= 4 is 34.7 Å². The Morgan fingerprint density at radius 3 is 2.83 bits per heavy atom. The minimum absolute atomic E-state index is 0.0145. The van der Waals surface area contributed by atoms with Crippen molar-refractivity contribution in [3.63, 3.8) is 0 Å². The van der Waals surface area contributed by atoms with Gasteiger partial charge in [0.05, 0.1) is 16.0 Å². The van der Waals surface area contributed by atoms with Crippen molar-refractivity contribution < 1.29 is 19.2 Å². The number of nitro benzene ring substituents is 1. The third-order valence-corrected chi connectivity index (χ3v) is 4.38. The number of carbonyl (C=O) groups excluding carboxylic acids is 2. The Labute approximate surface area is 169 Å². The number of carbonyl (C=O) groups is 2. The van der Waals surface area contributed by atoms with Crippen molar-refractivity contribution in [3.8, 4) is 6.07 Å². The lowest BCUT2D eigenvalue weighted by Gasteiger charge is -2.06. The fourth-order valence-corrected chi connectivity index (χ4v) is 2.86. The van der Waals surface area contributed by atoms with Crippen molar-refractivity contribution in [2.45, 2.75) is 6.61 Å². The van der Waals surface area contributed by atoms with Crippen LogP contribution in [0.4, 0.5) is 5.69 Å². The molecule has 0 radical (unpaired) electrons. The highest BCUT2D eigenvalue weighted by Crippen LogP contribution is 2.25. The molecule has 0 saturated heterocycles. The van der Waals surface area contributed by atoms with E-state index in [2.05, 4.69) is 11.4 Å². The van der Waals surface area contributed by atoms with Crippen molar-refractivity contribution in [1.29, 1.82) is 5.26 Å². The van der Waals surface area contributed by atoms with E-state index in [1.165, 1.54) is 12.1 Å². The minimum atomic E-state index is -0.721. The Balaban J connectivity index is 1.60. The number of hydrogen-bond donors (Lipinski definition) is 1. The van der Waals surface area contributed by atoms with Gasteiger partial charge in [-0.15, -0.1) is 0 Å². The number of nitriles is 1. The van der Waals surface area contributed by atoms with Crippen LogP contribution in [0.1, 0.15) is 21.5 Å². The van der Waals surface area contributed by atoms with Crippen LogP contribution in [0.2, 0.25) is 5.02 Å². The van der Waals surface area contributed by atoms with Crippen LogP contribution in [0.15, 0.2) is 48.8 Å². The zero-order chi connectivity index (χ0) is 21.0. The molecule has 3 aromatic rings. The maximum Gasteiger partial charge on any atom is 0.325 e. The molecule has 2 heterocycles. The van der Waals surface area contributed by atoms with Crippen LogP contribution < -0.4 is 5.32 Å². The van der Waals surface area contributed by atoms with Crippen molar-refractivity contribution in [3.05, 3.63) is 80.6 Å². The summed E-state index contributed by atoms with van der Waals surface area (Å²) in [6, 6.07) is 11.0. The Bertz CT molecular complexity index is 1170. The maximum absolute atomic E-state index is 12.1. The van der Waals surface area contributed by atoms with Crippen LogP contribution in [-0.2, 0) is 16.1 Å². The fraction of sp³-hybridized carbons (Fsp3) is 0.105. The lowest BCUT2D eigenvalue weighted by molar-refractivity contribution is -0.384. The van der Waals surface area contributed by atoms with E-state index >= 15 is 0 Å². The van der Waals surface area contributed by atoms with Gasteiger partial charge in [-0.2, -0.15) is 5.26 Å². The van der Waals surface area contributed by atoms with E-state index in [0.29, 0.717) is 16.6 Å². The largest absolute Gasteiger partial charge is 0.459 e. The first-order chi connectivity index (χ1) is 13.9. The first kappa shape index (κ1) is 19.9. The smallest absolute Gasteiger partial charge is 0.325 e.